The van der Waals surface area contributed by atoms with Gasteiger partial charge in [0.05, 0.1) is 35.3 Å². The number of fused-ring (bicyclic) bond motifs is 4. The Morgan fingerprint density at radius 1 is 0.526 bits per heavy atom. The van der Waals surface area contributed by atoms with Gasteiger partial charge in [0.15, 0.2) is 5.78 Å². The van der Waals surface area contributed by atoms with Crippen LogP contribution in [0.1, 0.15) is 96.8 Å². The maximum Gasteiger partial charge on any atom is 0.175 e. The van der Waals surface area contributed by atoms with Crippen molar-refractivity contribution in [1.82, 2.24) is 50.0 Å². The first-order valence-corrected chi connectivity index (χ1v) is 29.4. The third-order valence-electron chi connectivity index (χ3n) is 17.5. The molecule has 0 bridgehead atoms. The van der Waals surface area contributed by atoms with Crippen molar-refractivity contribution >= 4 is 50.8 Å². The second-order valence-electron chi connectivity index (χ2n) is 22.9. The number of carbonyl (C=O) groups excluding carboxylic acids is 1. The van der Waals surface area contributed by atoms with Gasteiger partial charge in [-0.3, -0.25) is 25.2 Å². The SMILES string of the molecule is CN1CCN(CCCOc2cc(-c3cc4cc(CN5CCCCC5)ccc4[nH]3)c3c(c2Cl)CNC3C(=O)C2NCc3c(Cl)c(OCCCN4CCN(C)CC4)cc(-c4cc5cc(CN6CCCCC6)ccc5[nH]4)c32)CC1. The smallest absolute Gasteiger partial charge is 0.175 e. The Bertz CT molecular complexity index is 2820. The molecule has 4 aromatic carbocycles. The van der Waals surface area contributed by atoms with E-state index in [4.69, 9.17) is 32.7 Å². The number of ketones is 1. The fourth-order valence-corrected chi connectivity index (χ4v) is 13.6. The zero-order valence-electron chi connectivity index (χ0n) is 44.9. The van der Waals surface area contributed by atoms with Gasteiger partial charge in [0, 0.05) is 136 Å². The van der Waals surface area contributed by atoms with Gasteiger partial charge in [0.25, 0.3) is 0 Å². The minimum absolute atomic E-state index is 0.0219. The van der Waals surface area contributed by atoms with Gasteiger partial charge in [-0.2, -0.15) is 0 Å². The third-order valence-corrected chi connectivity index (χ3v) is 18.3. The van der Waals surface area contributed by atoms with Crippen LogP contribution in [-0.2, 0) is 31.0 Å². The number of rotatable bonds is 18. The van der Waals surface area contributed by atoms with Gasteiger partial charge < -0.3 is 39.0 Å². The zero-order chi connectivity index (χ0) is 51.7. The van der Waals surface area contributed by atoms with Crippen LogP contribution >= 0.6 is 23.2 Å². The van der Waals surface area contributed by atoms with Gasteiger partial charge in [-0.05, 0) is 161 Å². The maximum absolute atomic E-state index is 15.8. The first-order chi connectivity index (χ1) is 37.2. The lowest BCUT2D eigenvalue weighted by molar-refractivity contribution is -0.123. The van der Waals surface area contributed by atoms with E-state index in [0.717, 1.165) is 184 Å². The number of Topliss-reactive ketones (excluding diaryl/α,β-unsaturated/α-hetero) is 1. The highest BCUT2D eigenvalue weighted by Crippen LogP contribution is 2.49. The highest BCUT2D eigenvalue weighted by Gasteiger charge is 2.42. The molecule has 6 aromatic rings. The third kappa shape index (κ3) is 11.3. The van der Waals surface area contributed by atoms with Crippen LogP contribution in [0.2, 0.25) is 10.0 Å². The molecule has 8 heterocycles. The largest absolute Gasteiger partial charge is 0.492 e. The van der Waals surface area contributed by atoms with Crippen molar-refractivity contribution in [1.29, 1.82) is 0 Å². The summed E-state index contributed by atoms with van der Waals surface area (Å²) in [6.45, 7) is 19.1. The number of aromatic amines is 2. The van der Waals surface area contributed by atoms with E-state index in [-0.39, 0.29) is 5.78 Å². The van der Waals surface area contributed by atoms with Crippen LogP contribution < -0.4 is 20.1 Å². The van der Waals surface area contributed by atoms with Crippen molar-refractivity contribution in [3.05, 3.63) is 104 Å². The molecule has 0 radical (unpaired) electrons. The number of hydrogen-bond donors (Lipinski definition) is 4. The molecule has 2 unspecified atom stereocenters. The minimum Gasteiger partial charge on any atom is -0.492 e. The van der Waals surface area contributed by atoms with E-state index in [1.165, 1.54) is 49.7 Å². The van der Waals surface area contributed by atoms with Gasteiger partial charge in [-0.15, -0.1) is 0 Å². The molecule has 6 aliphatic heterocycles. The molecule has 0 aliphatic carbocycles. The molecular formula is C61H78Cl2N10O3. The van der Waals surface area contributed by atoms with Crippen molar-refractivity contribution in [2.75, 3.05) is 119 Å². The first kappa shape index (κ1) is 52.2. The summed E-state index contributed by atoms with van der Waals surface area (Å²) in [5, 5.41) is 10.8. The summed E-state index contributed by atoms with van der Waals surface area (Å²) < 4.78 is 13.3. The van der Waals surface area contributed by atoms with E-state index in [1.54, 1.807) is 0 Å². The van der Waals surface area contributed by atoms with Gasteiger partial charge in [0.2, 0.25) is 0 Å². The molecule has 2 aromatic heterocycles. The molecule has 6 aliphatic rings. The number of halogens is 2. The number of aromatic nitrogens is 2. The zero-order valence-corrected chi connectivity index (χ0v) is 46.4. The molecule has 0 spiro atoms. The Balaban J connectivity index is 0.872. The second kappa shape index (κ2) is 23.4. The molecule has 0 saturated carbocycles. The Labute approximate surface area is 459 Å². The maximum atomic E-state index is 15.8. The Morgan fingerprint density at radius 3 is 1.37 bits per heavy atom. The van der Waals surface area contributed by atoms with Gasteiger partial charge in [0.1, 0.15) is 11.5 Å². The predicted octanol–water partition coefficient (Wildman–Crippen LogP) is 9.85. The lowest BCUT2D eigenvalue weighted by Crippen LogP contribution is -2.44. The monoisotopic (exact) mass is 1070 g/mol. The van der Waals surface area contributed by atoms with Crippen LogP contribution in [0.15, 0.2) is 60.7 Å². The van der Waals surface area contributed by atoms with Crippen molar-refractivity contribution in [3.63, 3.8) is 0 Å². The highest BCUT2D eigenvalue weighted by molar-refractivity contribution is 6.34. The molecule has 4 saturated heterocycles. The number of nitrogens with one attached hydrogen (secondary N) is 4. The van der Waals surface area contributed by atoms with Crippen molar-refractivity contribution in [2.24, 2.45) is 0 Å². The van der Waals surface area contributed by atoms with Crippen LogP contribution in [0.25, 0.3) is 44.3 Å². The van der Waals surface area contributed by atoms with E-state index in [0.29, 0.717) is 47.8 Å². The summed E-state index contributed by atoms with van der Waals surface area (Å²) >= 11 is 14.9. The van der Waals surface area contributed by atoms with E-state index >= 15 is 4.79 Å². The average Bonchev–Trinajstić information content (AvgIpc) is 4.38. The second-order valence-corrected chi connectivity index (χ2v) is 23.6. The molecule has 13 nitrogen and oxygen atoms in total. The number of H-pyrrole nitrogens is 2. The number of likely N-dealkylation sites (N-methyl/N-ethyl adjacent to an activating group) is 2. The van der Waals surface area contributed by atoms with Gasteiger partial charge in [-0.1, -0.05) is 48.2 Å². The van der Waals surface area contributed by atoms with Crippen LogP contribution in [-0.4, -0.2) is 164 Å². The molecule has 15 heteroatoms. The van der Waals surface area contributed by atoms with Gasteiger partial charge in [-0.25, -0.2) is 0 Å². The van der Waals surface area contributed by atoms with Crippen molar-refractivity contribution in [2.45, 2.75) is 89.6 Å². The number of piperidine rings is 2. The molecule has 2 atom stereocenters. The quantitative estimate of drug-likeness (QED) is 0.0618. The fraction of sp³-hybridized carbons (Fsp3) is 0.525. The topological polar surface area (TPSA) is 111 Å². The lowest BCUT2D eigenvalue weighted by atomic mass is 9.87. The fourth-order valence-electron chi connectivity index (χ4n) is 13.0. The number of ether oxygens (including phenoxy) is 2. The summed E-state index contributed by atoms with van der Waals surface area (Å²) in [7, 11) is 4.38. The van der Waals surface area contributed by atoms with Gasteiger partial charge >= 0.3 is 0 Å². The van der Waals surface area contributed by atoms with E-state index in [9.17, 15) is 0 Å². The predicted molar refractivity (Wildman–Crippen MR) is 308 cm³/mol. The Kier molecular flexibility index (Phi) is 16.1. The molecular weight excluding hydrogens is 992 g/mol. The summed E-state index contributed by atoms with van der Waals surface area (Å²) in [5.74, 6) is 1.33. The van der Waals surface area contributed by atoms with Crippen molar-refractivity contribution in [3.8, 4) is 34.0 Å². The summed E-state index contributed by atoms with van der Waals surface area (Å²) in [4.78, 5) is 38.3. The molecule has 76 heavy (non-hydrogen) atoms. The Hall–Kier alpha value is -4.51. The number of carbonyl (C=O) groups is 1. The molecule has 404 valence electrons. The molecule has 4 N–H and O–H groups in total. The number of piperazine rings is 2. The number of benzene rings is 4. The van der Waals surface area contributed by atoms with Crippen LogP contribution in [0.3, 0.4) is 0 Å². The van der Waals surface area contributed by atoms with E-state index in [2.05, 4.69) is 125 Å². The normalized spacial score (nSPS) is 21.5. The molecule has 0 amide bonds. The first-order valence-electron chi connectivity index (χ1n) is 28.7. The highest BCUT2D eigenvalue weighted by atomic mass is 35.5. The minimum atomic E-state index is -0.657. The molecule has 12 rings (SSSR count). The van der Waals surface area contributed by atoms with Crippen molar-refractivity contribution < 1.29 is 14.3 Å². The standard InChI is InChI=1S/C61H78Cl2N10O3/c1-68-21-25-70(26-22-68)19-9-29-75-53-35-45(51-33-43-31-41(11-13-49(43)66-51)39-72-15-5-3-6-16-72)55-47(57(53)62)37-64-59(55)61(74)60-56-46(52-34-44-32-42(12-14-50(44)67-52)40-73-17-7-4-8-18-73)36-54(58(63)48(56)38-65-60)76-30-10-20-71-27-23-69(2)24-28-71/h11-14,31-36,59-60,64-67H,3-10,15-30,37-40H2,1-2H3. The number of nitrogens with zero attached hydrogens (tertiary/aromatic N) is 6. The average molecular weight is 1070 g/mol. The van der Waals surface area contributed by atoms with Crippen LogP contribution in [0.4, 0.5) is 0 Å². The summed E-state index contributed by atoms with van der Waals surface area (Å²) in [5.41, 5.74) is 12.1. The Morgan fingerprint density at radius 2 is 0.947 bits per heavy atom. The van der Waals surface area contributed by atoms with Crippen LogP contribution in [0, 0.1) is 0 Å². The number of likely N-dealkylation sites (tertiary alicyclic amines) is 2. The lowest BCUT2D eigenvalue weighted by Gasteiger charge is -2.32. The summed E-state index contributed by atoms with van der Waals surface area (Å²) in [6.07, 6.45) is 9.48. The number of hydrogen-bond acceptors (Lipinski definition) is 11. The van der Waals surface area contributed by atoms with E-state index in [1.807, 2.05) is 0 Å². The summed E-state index contributed by atoms with van der Waals surface area (Å²) in [6, 6.07) is 20.9. The van der Waals surface area contributed by atoms with Crippen LogP contribution in [0.5, 0.6) is 11.5 Å². The molecule has 4 fully saturated rings. The van der Waals surface area contributed by atoms with E-state index < -0.39 is 12.1 Å².